The Morgan fingerprint density at radius 2 is 2.47 bits per heavy atom. The van der Waals surface area contributed by atoms with Gasteiger partial charge in [-0.15, -0.1) is 0 Å². The Labute approximate surface area is 108 Å². The Bertz CT molecular complexity index is 508. The highest BCUT2D eigenvalue weighted by Crippen LogP contribution is 2.12. The first-order valence-electron chi connectivity index (χ1n) is 5.61. The summed E-state index contributed by atoms with van der Waals surface area (Å²) in [5.74, 6) is -1.27. The van der Waals surface area contributed by atoms with E-state index in [0.717, 1.165) is 6.20 Å². The lowest BCUT2D eigenvalue weighted by Crippen LogP contribution is -2.50. The summed E-state index contributed by atoms with van der Waals surface area (Å²) in [6.07, 6.45) is 1.64. The van der Waals surface area contributed by atoms with Gasteiger partial charge in [-0.2, -0.15) is 0 Å². The van der Waals surface area contributed by atoms with E-state index in [1.165, 1.54) is 17.2 Å². The highest BCUT2D eigenvalue weighted by Gasteiger charge is 2.28. The molecule has 0 spiro atoms. The molecule has 3 N–H and O–H groups in total. The lowest BCUT2D eigenvalue weighted by atomic mass is 10.2. The van der Waals surface area contributed by atoms with Gasteiger partial charge in [-0.3, -0.25) is 9.78 Å². The van der Waals surface area contributed by atoms with Crippen LogP contribution >= 0.6 is 0 Å². The second kappa shape index (κ2) is 5.61. The molecule has 1 fully saturated rings. The number of oxime groups is 1. The minimum atomic E-state index is -0.687. The SMILES string of the molecule is NC(=NO)C1CN(C(=O)c2ccncc2F)CCO1. The molecule has 1 amide bonds. The predicted molar refractivity (Wildman–Crippen MR) is 63.2 cm³/mol. The number of ether oxygens (including phenoxy) is 1. The monoisotopic (exact) mass is 268 g/mol. The molecule has 1 aromatic rings. The number of nitrogens with two attached hydrogens (primary N) is 1. The van der Waals surface area contributed by atoms with E-state index in [9.17, 15) is 9.18 Å². The third kappa shape index (κ3) is 2.79. The fraction of sp³-hybridized carbons (Fsp3) is 0.364. The molecule has 1 saturated heterocycles. The first-order chi connectivity index (χ1) is 9.13. The average molecular weight is 268 g/mol. The van der Waals surface area contributed by atoms with E-state index in [4.69, 9.17) is 15.7 Å². The lowest BCUT2D eigenvalue weighted by molar-refractivity contribution is 0.00653. The summed E-state index contributed by atoms with van der Waals surface area (Å²) in [4.78, 5) is 17.1. The van der Waals surface area contributed by atoms with Crippen molar-refractivity contribution in [3.05, 3.63) is 29.8 Å². The maximum atomic E-state index is 13.5. The Balaban J connectivity index is 2.14. The summed E-state index contributed by atoms with van der Waals surface area (Å²) in [5.41, 5.74) is 5.37. The molecule has 7 nitrogen and oxygen atoms in total. The van der Waals surface area contributed by atoms with Crippen molar-refractivity contribution >= 4 is 11.7 Å². The summed E-state index contributed by atoms with van der Waals surface area (Å²) in [6, 6.07) is 1.31. The van der Waals surface area contributed by atoms with Crippen LogP contribution in [0.1, 0.15) is 10.4 Å². The number of carbonyl (C=O) groups excluding carboxylic acids is 1. The van der Waals surface area contributed by atoms with Crippen molar-refractivity contribution in [2.24, 2.45) is 10.9 Å². The van der Waals surface area contributed by atoms with Crippen molar-refractivity contribution in [2.75, 3.05) is 19.7 Å². The van der Waals surface area contributed by atoms with Crippen molar-refractivity contribution in [1.29, 1.82) is 0 Å². The van der Waals surface area contributed by atoms with E-state index in [1.807, 2.05) is 0 Å². The zero-order valence-electron chi connectivity index (χ0n) is 9.99. The van der Waals surface area contributed by atoms with Gasteiger partial charge in [0.15, 0.2) is 11.7 Å². The summed E-state index contributed by atoms with van der Waals surface area (Å²) in [7, 11) is 0. The Morgan fingerprint density at radius 1 is 1.68 bits per heavy atom. The molecule has 0 aliphatic carbocycles. The quantitative estimate of drug-likeness (QED) is 0.335. The highest BCUT2D eigenvalue weighted by molar-refractivity contribution is 5.95. The minimum Gasteiger partial charge on any atom is -0.409 e. The zero-order valence-corrected chi connectivity index (χ0v) is 9.99. The summed E-state index contributed by atoms with van der Waals surface area (Å²) in [6.45, 7) is 0.658. The predicted octanol–water partition coefficient (Wildman–Crippen LogP) is -0.192. The smallest absolute Gasteiger partial charge is 0.257 e. The second-order valence-electron chi connectivity index (χ2n) is 3.99. The topological polar surface area (TPSA) is 101 Å². The molecule has 0 radical (unpaired) electrons. The number of carbonyl (C=O) groups is 1. The van der Waals surface area contributed by atoms with Crippen molar-refractivity contribution < 1.29 is 19.1 Å². The van der Waals surface area contributed by atoms with Crippen LogP contribution in [-0.2, 0) is 4.74 Å². The van der Waals surface area contributed by atoms with Gasteiger partial charge in [0.25, 0.3) is 5.91 Å². The van der Waals surface area contributed by atoms with Crippen LogP contribution in [0.2, 0.25) is 0 Å². The normalized spacial score (nSPS) is 20.4. The van der Waals surface area contributed by atoms with Gasteiger partial charge in [0.1, 0.15) is 6.10 Å². The van der Waals surface area contributed by atoms with Gasteiger partial charge in [0.05, 0.1) is 24.9 Å². The van der Waals surface area contributed by atoms with Gasteiger partial charge in [-0.05, 0) is 6.07 Å². The number of halogens is 1. The van der Waals surface area contributed by atoms with Crippen LogP contribution in [0.3, 0.4) is 0 Å². The van der Waals surface area contributed by atoms with Crippen LogP contribution in [0, 0.1) is 5.82 Å². The first kappa shape index (κ1) is 13.2. The second-order valence-corrected chi connectivity index (χ2v) is 3.99. The molecule has 2 heterocycles. The van der Waals surface area contributed by atoms with Gasteiger partial charge < -0.3 is 20.6 Å². The number of hydrogen-bond donors (Lipinski definition) is 2. The third-order valence-electron chi connectivity index (χ3n) is 2.80. The fourth-order valence-corrected chi connectivity index (χ4v) is 1.80. The van der Waals surface area contributed by atoms with E-state index >= 15 is 0 Å². The van der Waals surface area contributed by atoms with Gasteiger partial charge in [0.2, 0.25) is 0 Å². The molecule has 1 aliphatic heterocycles. The maximum Gasteiger partial charge on any atom is 0.257 e. The summed E-state index contributed by atoms with van der Waals surface area (Å²) < 4.78 is 18.7. The summed E-state index contributed by atoms with van der Waals surface area (Å²) in [5, 5.41) is 11.4. The molecule has 1 unspecified atom stereocenters. The molecule has 1 aliphatic rings. The molecular weight excluding hydrogens is 255 g/mol. The van der Waals surface area contributed by atoms with Gasteiger partial charge in [0, 0.05) is 12.7 Å². The number of amides is 1. The number of amidine groups is 1. The molecular formula is C11H13FN4O3. The number of aromatic nitrogens is 1. The van der Waals surface area contributed by atoms with E-state index in [0.29, 0.717) is 6.54 Å². The highest BCUT2D eigenvalue weighted by atomic mass is 19.1. The number of hydrogen-bond acceptors (Lipinski definition) is 5. The van der Waals surface area contributed by atoms with E-state index in [-0.39, 0.29) is 24.6 Å². The molecule has 0 saturated carbocycles. The van der Waals surface area contributed by atoms with Crippen LogP contribution in [0.4, 0.5) is 4.39 Å². The molecule has 1 atom stereocenters. The molecule has 1 aromatic heterocycles. The number of rotatable bonds is 2. The average Bonchev–Trinajstić information content (AvgIpc) is 2.46. The number of pyridine rings is 1. The third-order valence-corrected chi connectivity index (χ3v) is 2.80. The van der Waals surface area contributed by atoms with Crippen LogP contribution in [0.15, 0.2) is 23.6 Å². The largest absolute Gasteiger partial charge is 0.409 e. The van der Waals surface area contributed by atoms with Crippen LogP contribution in [0.5, 0.6) is 0 Å². The van der Waals surface area contributed by atoms with Crippen LogP contribution in [-0.4, -0.2) is 52.6 Å². The fourth-order valence-electron chi connectivity index (χ4n) is 1.80. The first-order valence-corrected chi connectivity index (χ1v) is 5.61. The van der Waals surface area contributed by atoms with E-state index < -0.39 is 17.8 Å². The molecule has 8 heteroatoms. The molecule has 0 bridgehead atoms. The van der Waals surface area contributed by atoms with Crippen molar-refractivity contribution in [1.82, 2.24) is 9.88 Å². The van der Waals surface area contributed by atoms with Crippen LogP contribution < -0.4 is 5.73 Å². The molecule has 19 heavy (non-hydrogen) atoms. The number of nitrogens with zero attached hydrogens (tertiary/aromatic N) is 3. The van der Waals surface area contributed by atoms with E-state index in [2.05, 4.69) is 10.1 Å². The van der Waals surface area contributed by atoms with E-state index in [1.54, 1.807) is 0 Å². The standard InChI is InChI=1S/C11H13FN4O3/c12-8-5-14-2-1-7(8)11(17)16-3-4-19-9(6-16)10(13)15-18/h1-2,5,9,18H,3-4,6H2,(H2,13,15). The van der Waals surface area contributed by atoms with Crippen molar-refractivity contribution in [3.63, 3.8) is 0 Å². The van der Waals surface area contributed by atoms with Gasteiger partial charge in [-0.25, -0.2) is 4.39 Å². The van der Waals surface area contributed by atoms with Crippen molar-refractivity contribution in [3.8, 4) is 0 Å². The lowest BCUT2D eigenvalue weighted by Gasteiger charge is -2.32. The minimum absolute atomic E-state index is 0.0600. The Kier molecular flexibility index (Phi) is 3.91. The molecule has 2 rings (SSSR count). The van der Waals surface area contributed by atoms with Gasteiger partial charge in [-0.1, -0.05) is 5.16 Å². The maximum absolute atomic E-state index is 13.5. The Morgan fingerprint density at radius 3 is 3.16 bits per heavy atom. The Hall–Kier alpha value is -2.22. The molecule has 0 aromatic carbocycles. The molecule has 102 valence electrons. The zero-order chi connectivity index (χ0) is 13.8. The number of morpholine rings is 1. The van der Waals surface area contributed by atoms with Crippen LogP contribution in [0.25, 0.3) is 0 Å². The summed E-state index contributed by atoms with van der Waals surface area (Å²) >= 11 is 0. The van der Waals surface area contributed by atoms with Gasteiger partial charge >= 0.3 is 0 Å². The van der Waals surface area contributed by atoms with Crippen molar-refractivity contribution in [2.45, 2.75) is 6.10 Å².